The van der Waals surface area contributed by atoms with E-state index in [-0.39, 0.29) is 111 Å². The van der Waals surface area contributed by atoms with Crippen LogP contribution in [0, 0.1) is 36.5 Å². The quantitative estimate of drug-likeness (QED) is 0.0517. The van der Waals surface area contributed by atoms with Gasteiger partial charge in [0.1, 0.15) is 114 Å². The average Bonchev–Trinajstić information content (AvgIpc) is 0.743. The van der Waals surface area contributed by atoms with Crippen molar-refractivity contribution in [1.82, 2.24) is 53.2 Å². The minimum atomic E-state index is -2.37. The van der Waals surface area contributed by atoms with E-state index < -0.39 is 197 Å². The largest absolute Gasteiger partial charge is 0.508 e. The maximum atomic E-state index is 16.4. The molecule has 4 saturated carbocycles. The Morgan fingerprint density at radius 2 is 1.30 bits per heavy atom. The van der Waals surface area contributed by atoms with Crippen molar-refractivity contribution in [1.29, 1.82) is 0 Å². The lowest BCUT2D eigenvalue weighted by atomic mass is 9.54. The number of halogens is 1. The van der Waals surface area contributed by atoms with Crippen LogP contribution in [0.2, 0.25) is 5.02 Å². The Balaban J connectivity index is 0.968. The minimum absolute atomic E-state index is 0.0563. The van der Waals surface area contributed by atoms with Gasteiger partial charge in [0.05, 0.1) is 24.0 Å². The summed E-state index contributed by atoms with van der Waals surface area (Å²) < 4.78 is 31.5. The summed E-state index contributed by atoms with van der Waals surface area (Å²) in [5.41, 5.74) is 4.23. The van der Waals surface area contributed by atoms with Gasteiger partial charge in [-0.2, -0.15) is 0 Å². The van der Waals surface area contributed by atoms with Crippen molar-refractivity contribution in [2.24, 2.45) is 35.3 Å². The van der Waals surface area contributed by atoms with E-state index >= 15 is 28.8 Å². The zero-order valence-corrected chi connectivity index (χ0v) is 65.0. The van der Waals surface area contributed by atoms with Crippen LogP contribution in [0.5, 0.6) is 51.7 Å². The summed E-state index contributed by atoms with van der Waals surface area (Å²) in [6.45, 7) is 4.60. The molecule has 5 fully saturated rings. The summed E-state index contributed by atoms with van der Waals surface area (Å²) in [5.74, 6) is -13.8. The molecule has 10 aliphatic rings. The number of aliphatic carboxylic acids is 1. The van der Waals surface area contributed by atoms with E-state index in [1.807, 2.05) is 13.8 Å². The first kappa shape index (κ1) is 84.5. The summed E-state index contributed by atoms with van der Waals surface area (Å²) in [5, 5.41) is 132. The predicted octanol–water partition coefficient (Wildman–Crippen LogP) is 2.26. The normalized spacial score (nSPS) is 27.4. The van der Waals surface area contributed by atoms with Crippen molar-refractivity contribution in [3.8, 4) is 62.9 Å². The highest BCUT2D eigenvalue weighted by Crippen LogP contribution is 2.55. The number of benzene rings is 6. The number of imide groups is 1. The van der Waals surface area contributed by atoms with E-state index in [4.69, 9.17) is 46.1 Å². The second kappa shape index (κ2) is 35.8. The lowest BCUT2D eigenvalue weighted by Gasteiger charge is -2.54. The third-order valence-corrected chi connectivity index (χ3v) is 22.7. The van der Waals surface area contributed by atoms with Gasteiger partial charge in [-0.05, 0) is 194 Å². The topological polar surface area (TPSA) is 557 Å². The number of nitrogens with two attached hydrogens (primary N) is 1. The Kier molecular flexibility index (Phi) is 25.6. The number of aromatic hydroxyl groups is 3. The van der Waals surface area contributed by atoms with E-state index in [9.17, 15) is 60.0 Å². The van der Waals surface area contributed by atoms with E-state index in [0.29, 0.717) is 17.6 Å². The third kappa shape index (κ3) is 18.6. The maximum Gasteiger partial charge on any atom is 0.325 e. The Morgan fingerprint density at radius 1 is 0.653 bits per heavy atom. The SMILES string of the molecule is CN[C@H](CC(C)C)C(=O)N[C@H]1C(=O)N[C@@H](CC(=O)NC(=O)Nc2ccc(OCCNCC(=O)O)cc2)C(=O)N[C@H]2C(=O)N[C@H]3C(=O)N[C@H](C(=O)N[C@H](C(=O)NC4C5CC6CC(C5)CC4C6)c4cc(O)cc(O)c4-c4cc3ccc4O)[C@H](O)c3ccc(c(Cl)c3)Oc3cc2cc(c3O[C@@H]2O[C@H](CN)[C@@H](O)[C@H](O)[C@H]2O)Oc2ccc(cc2C)[C@H]1O. The van der Waals surface area contributed by atoms with Gasteiger partial charge in [-0.1, -0.05) is 43.6 Å². The number of ether oxygens (including phenoxy) is 5. The minimum Gasteiger partial charge on any atom is -0.508 e. The number of carboxylic acids is 1. The molecule has 22 N–H and O–H groups in total. The third-order valence-electron chi connectivity index (χ3n) is 22.4. The zero-order chi connectivity index (χ0) is 84.4. The van der Waals surface area contributed by atoms with E-state index in [1.165, 1.54) is 68.6 Å². The van der Waals surface area contributed by atoms with Crippen LogP contribution in [0.15, 0.2) is 103 Å². The number of carbonyl (C=O) groups excluding carboxylic acids is 9. The Labute approximate surface area is 679 Å². The van der Waals surface area contributed by atoms with Gasteiger partial charge < -0.3 is 129 Å². The number of aliphatic hydroxyl groups is 5. The number of fused-ring (bicyclic) bond motifs is 15. The van der Waals surface area contributed by atoms with Crippen molar-refractivity contribution >= 4 is 76.5 Å². The number of nitrogens with one attached hydrogen (secondary N) is 11. The molecular weight excluding hydrogens is 1560 g/mol. The van der Waals surface area contributed by atoms with Crippen LogP contribution in [0.4, 0.5) is 10.5 Å². The Bertz CT molecular complexity index is 4850. The van der Waals surface area contributed by atoms with Crippen molar-refractivity contribution in [3.63, 3.8) is 0 Å². The van der Waals surface area contributed by atoms with Crippen molar-refractivity contribution in [2.75, 3.05) is 38.6 Å². The molecular formula is C81H93ClN12O24. The number of hydrogen-bond donors (Lipinski definition) is 21. The summed E-state index contributed by atoms with van der Waals surface area (Å²) in [4.78, 5) is 148. The molecule has 4 aliphatic carbocycles. The van der Waals surface area contributed by atoms with Crippen LogP contribution in [0.1, 0.15) is 123 Å². The number of hydrogen-bond acceptors (Lipinski definition) is 26. The highest BCUT2D eigenvalue weighted by Gasteiger charge is 2.51. The van der Waals surface area contributed by atoms with Gasteiger partial charge in [0, 0.05) is 42.0 Å². The van der Waals surface area contributed by atoms with E-state index in [0.717, 1.165) is 80.6 Å². The number of likely N-dealkylation sites (N-methyl/N-ethyl adjacent to an activating group) is 1. The number of phenols is 3. The number of amides is 10. The highest BCUT2D eigenvalue weighted by atomic mass is 35.5. The molecule has 6 heterocycles. The molecule has 1 saturated heterocycles. The molecule has 10 amide bonds. The lowest BCUT2D eigenvalue weighted by molar-refractivity contribution is -0.270. The van der Waals surface area contributed by atoms with Crippen LogP contribution in [-0.2, 0) is 47.9 Å². The molecule has 0 radical (unpaired) electrons. The lowest BCUT2D eigenvalue weighted by Crippen LogP contribution is -2.60. The van der Waals surface area contributed by atoms with Crippen molar-refractivity contribution < 1.29 is 118 Å². The molecule has 0 unspecified atom stereocenters. The molecule has 16 rings (SSSR count). The molecule has 6 aromatic rings. The fourth-order valence-electron chi connectivity index (χ4n) is 16.8. The molecule has 6 aromatic carbocycles. The van der Waals surface area contributed by atoms with Crippen LogP contribution in [0.3, 0.4) is 0 Å². The van der Waals surface area contributed by atoms with Gasteiger partial charge in [0.25, 0.3) is 0 Å². The van der Waals surface area contributed by atoms with Crippen LogP contribution in [0.25, 0.3) is 11.1 Å². The maximum absolute atomic E-state index is 16.4. The number of urea groups is 1. The monoisotopic (exact) mass is 1650 g/mol. The fourth-order valence-corrected chi connectivity index (χ4v) is 17.0. The summed E-state index contributed by atoms with van der Waals surface area (Å²) in [7, 11) is 1.48. The van der Waals surface area contributed by atoms with E-state index in [2.05, 4.69) is 58.5 Å². The summed E-state index contributed by atoms with van der Waals surface area (Å²) in [6.07, 6.45) is -10.1. The number of carboxylic acid groups (broad SMARTS) is 1. The van der Waals surface area contributed by atoms with Gasteiger partial charge in [0.2, 0.25) is 59.3 Å². The van der Waals surface area contributed by atoms with Gasteiger partial charge in [-0.3, -0.25) is 48.5 Å². The second-order valence-electron chi connectivity index (χ2n) is 31.2. The number of aliphatic hydroxyl groups excluding tert-OH is 5. The summed E-state index contributed by atoms with van der Waals surface area (Å²) in [6, 6.07) is 5.06. The number of phenolic OH excluding ortho intramolecular Hbond substituents is 3. The average molecular weight is 1650 g/mol. The van der Waals surface area contributed by atoms with Gasteiger partial charge >= 0.3 is 12.0 Å². The van der Waals surface area contributed by atoms with Crippen LogP contribution in [-0.4, -0.2) is 199 Å². The first-order chi connectivity index (χ1) is 56.3. The summed E-state index contributed by atoms with van der Waals surface area (Å²) >= 11 is 7.18. The first-order valence-electron chi connectivity index (χ1n) is 38.6. The smallest absolute Gasteiger partial charge is 0.325 e. The van der Waals surface area contributed by atoms with Crippen molar-refractivity contribution in [3.05, 3.63) is 142 Å². The number of rotatable bonds is 19. The van der Waals surface area contributed by atoms with Gasteiger partial charge in [-0.15, -0.1) is 0 Å². The Hall–Kier alpha value is -11.5. The predicted molar refractivity (Wildman–Crippen MR) is 416 cm³/mol. The number of aryl methyl sites for hydroxylation is 1. The molecule has 15 bridgehead atoms. The highest BCUT2D eigenvalue weighted by molar-refractivity contribution is 6.32. The van der Waals surface area contributed by atoms with Gasteiger partial charge in [-0.25, -0.2) is 4.79 Å². The van der Waals surface area contributed by atoms with Crippen LogP contribution < -0.4 is 83.2 Å². The molecule has 36 nitrogen and oxygen atoms in total. The molecule has 6 aliphatic heterocycles. The number of carbonyl (C=O) groups is 10. The number of anilines is 1. The standard InChI is InChI=1S/C81H93ClN12O24/c1-33(2)17-49(84-4)73(106)93-65-67(101)38-6-13-53(34(3)18-38)115-55-26-42-27-56(72(55)118-80-71(105)70(104)69(103)57(31-83)117-80)116-54-14-7-39(25-48(54)82)68(102)66-79(112)92-64(77(110)89-61-40-20-35-19-36(22-40)23-41(61)21-35)47-28-44(95)29-52(97)60(47)46-24-37(5-12-51(46)96)62(75(108)94-66)91-76(109)63(42)90-74(107)50(87-78(65)111)30-58(98)88-81(113)86-43-8-10-45(11-9-43)114-16-15-85-32-59(99)100/h5-14,18,24-29,33,35-36,40-41,49-50,57,61-71,80,84-85,95-97,101-105H,15-17,19-23,30-32,83H2,1-4H3,(H,87,111)(H,89,110)(H,90,107)(H,91,109)(H,92,112)(H,93,106)(H,94,108)(H,99,100)(H2,86,88,98,113)/t35?,36?,40?,41?,49-,50+,57-,61?,62-,63-,64+,65-,66+,67-,68-,69-,70+,71-,80+/m1/s1. The molecule has 628 valence electrons. The Morgan fingerprint density at radius 3 is 1.95 bits per heavy atom. The van der Waals surface area contributed by atoms with Crippen molar-refractivity contribution in [2.45, 2.75) is 157 Å². The molecule has 0 spiro atoms. The van der Waals surface area contributed by atoms with E-state index in [1.54, 1.807) is 0 Å². The molecule has 118 heavy (non-hydrogen) atoms. The fraction of sp³-hybridized carbons (Fsp3) is 0.432. The second-order valence-corrected chi connectivity index (χ2v) is 31.6. The van der Waals surface area contributed by atoms with Gasteiger partial charge in [0.15, 0.2) is 11.5 Å². The molecule has 37 heteroatoms. The zero-order valence-electron chi connectivity index (χ0n) is 64.2. The molecule has 14 atom stereocenters. The molecule has 0 aromatic heterocycles. The first-order valence-corrected chi connectivity index (χ1v) is 39.0. The van der Waals surface area contributed by atoms with Crippen LogP contribution >= 0.6 is 11.6 Å².